The summed E-state index contributed by atoms with van der Waals surface area (Å²) in [7, 11) is 0. The molecule has 28 heavy (non-hydrogen) atoms. The lowest BCUT2D eigenvalue weighted by Gasteiger charge is -2.52. The van der Waals surface area contributed by atoms with Crippen LogP contribution in [-0.4, -0.2) is 47.0 Å². The third-order valence-corrected chi connectivity index (χ3v) is 6.08. The summed E-state index contributed by atoms with van der Waals surface area (Å²) in [6.07, 6.45) is 0.723. The number of halogens is 1. The molecular weight excluding hydrogens is 370 g/mol. The fourth-order valence-electron chi connectivity index (χ4n) is 4.31. The Morgan fingerprint density at radius 1 is 0.964 bits per heavy atom. The lowest BCUT2D eigenvalue weighted by molar-refractivity contribution is -0.176. The van der Waals surface area contributed by atoms with Crippen molar-refractivity contribution in [2.24, 2.45) is 0 Å². The summed E-state index contributed by atoms with van der Waals surface area (Å²) in [5.74, 6) is 0.171. The van der Waals surface area contributed by atoms with Crippen LogP contribution < -0.4 is 0 Å². The van der Waals surface area contributed by atoms with Gasteiger partial charge in [-0.2, -0.15) is 0 Å². The first-order valence-corrected chi connectivity index (χ1v) is 10.6. The molecule has 0 aromatic heterocycles. The second kappa shape index (κ2) is 9.08. The van der Waals surface area contributed by atoms with E-state index in [2.05, 4.69) is 54.9 Å². The predicted molar refractivity (Wildman–Crippen MR) is 115 cm³/mol. The van der Waals surface area contributed by atoms with E-state index in [0.29, 0.717) is 6.54 Å². The highest BCUT2D eigenvalue weighted by Gasteiger charge is 2.50. The molecule has 1 aliphatic rings. The molecule has 0 spiro atoms. The van der Waals surface area contributed by atoms with Crippen LogP contribution in [0.4, 0.5) is 0 Å². The van der Waals surface area contributed by atoms with Crippen molar-refractivity contribution in [3.05, 3.63) is 70.7 Å². The summed E-state index contributed by atoms with van der Waals surface area (Å²) in [4.78, 5) is 16.3. The number of hydrogen-bond acceptors (Lipinski definition) is 3. The first kappa shape index (κ1) is 20.8. The first-order chi connectivity index (χ1) is 13.6. The van der Waals surface area contributed by atoms with Gasteiger partial charge in [0.25, 0.3) is 5.91 Å². The van der Waals surface area contributed by atoms with Crippen molar-refractivity contribution in [3.63, 3.8) is 0 Å². The van der Waals surface area contributed by atoms with Crippen molar-refractivity contribution in [1.29, 1.82) is 0 Å². The maximum Gasteiger partial charge on any atom is 0.262 e. The van der Waals surface area contributed by atoms with Crippen molar-refractivity contribution in [3.8, 4) is 0 Å². The summed E-state index contributed by atoms with van der Waals surface area (Å²) < 4.78 is 0. The lowest BCUT2D eigenvalue weighted by Crippen LogP contribution is -2.66. The Kier molecular flexibility index (Phi) is 6.76. The van der Waals surface area contributed by atoms with Gasteiger partial charge in [-0.15, -0.1) is 0 Å². The normalized spacial score (nSPS) is 20.8. The zero-order chi connectivity index (χ0) is 20.1. The van der Waals surface area contributed by atoms with Crippen LogP contribution in [0.2, 0.25) is 5.02 Å². The van der Waals surface area contributed by atoms with E-state index < -0.39 is 5.54 Å². The van der Waals surface area contributed by atoms with Crippen molar-refractivity contribution in [1.82, 2.24) is 14.9 Å². The summed E-state index contributed by atoms with van der Waals surface area (Å²) in [6.45, 7) is 10.2. The quantitative estimate of drug-likeness (QED) is 0.683. The van der Waals surface area contributed by atoms with Gasteiger partial charge in [0.1, 0.15) is 5.54 Å². The zero-order valence-electron chi connectivity index (χ0n) is 17.1. The summed E-state index contributed by atoms with van der Waals surface area (Å²) in [6, 6.07) is 18.2. The smallest absolute Gasteiger partial charge is 0.262 e. The maximum atomic E-state index is 13.9. The lowest BCUT2D eigenvalue weighted by atomic mass is 9.82. The van der Waals surface area contributed by atoms with Crippen LogP contribution in [0, 0.1) is 0 Å². The second-order valence-corrected chi connectivity index (χ2v) is 7.63. The molecule has 1 unspecified atom stereocenters. The van der Waals surface area contributed by atoms with Crippen molar-refractivity contribution in [2.45, 2.75) is 39.3 Å². The van der Waals surface area contributed by atoms with Crippen LogP contribution in [0.3, 0.4) is 0 Å². The van der Waals surface area contributed by atoms with E-state index in [4.69, 9.17) is 11.6 Å². The van der Waals surface area contributed by atoms with E-state index in [1.54, 1.807) is 0 Å². The number of piperazine rings is 1. The Hall–Kier alpha value is -1.88. The molecule has 0 radical (unpaired) electrons. The monoisotopic (exact) mass is 399 g/mol. The molecule has 1 saturated heterocycles. The number of amides is 1. The van der Waals surface area contributed by atoms with Crippen LogP contribution in [0.15, 0.2) is 54.6 Å². The van der Waals surface area contributed by atoms with Gasteiger partial charge < -0.3 is 0 Å². The minimum Gasteiger partial charge on any atom is -0.280 e. The first-order valence-electron chi connectivity index (χ1n) is 10.2. The summed E-state index contributed by atoms with van der Waals surface area (Å²) in [5, 5.41) is 4.85. The Labute approximate surface area is 173 Å². The van der Waals surface area contributed by atoms with Gasteiger partial charge in [-0.3, -0.25) is 14.7 Å². The molecular formula is C23H30ClN3O. The number of benzene rings is 2. The van der Waals surface area contributed by atoms with Crippen LogP contribution in [0.1, 0.15) is 38.3 Å². The molecule has 1 amide bonds. The Bertz CT molecular complexity index is 776. The molecule has 0 bridgehead atoms. The standard InChI is InChI=1S/C23H30ClN3O/c1-4-23(20-10-8-7-9-11-20)22(28)27(26(5-2)6-3)17-16-25(23)18-19-12-14-21(24)15-13-19/h7-15H,4-6,16-18H2,1-3H3. The SMILES string of the molecule is CCN(CC)N1CCN(Cc2ccc(Cl)cc2)C(CC)(c2ccccc2)C1=O. The Morgan fingerprint density at radius 2 is 1.61 bits per heavy atom. The average Bonchev–Trinajstić information content (AvgIpc) is 2.73. The van der Waals surface area contributed by atoms with Crippen LogP contribution in [0.5, 0.6) is 0 Å². The third kappa shape index (κ3) is 3.82. The number of hydrazine groups is 1. The van der Waals surface area contributed by atoms with E-state index in [-0.39, 0.29) is 5.91 Å². The Morgan fingerprint density at radius 3 is 2.18 bits per heavy atom. The van der Waals surface area contributed by atoms with Gasteiger partial charge in [-0.1, -0.05) is 74.8 Å². The molecule has 1 heterocycles. The van der Waals surface area contributed by atoms with Crippen LogP contribution in [0.25, 0.3) is 0 Å². The van der Waals surface area contributed by atoms with Crippen molar-refractivity contribution in [2.75, 3.05) is 26.2 Å². The average molecular weight is 400 g/mol. The number of carbonyl (C=O) groups is 1. The predicted octanol–water partition coefficient (Wildman–Crippen LogP) is 4.55. The topological polar surface area (TPSA) is 26.8 Å². The molecule has 2 aromatic carbocycles. The molecule has 1 aliphatic heterocycles. The number of carbonyl (C=O) groups excluding carboxylic acids is 1. The van der Waals surface area contributed by atoms with Gasteiger partial charge in [-0.05, 0) is 29.7 Å². The van der Waals surface area contributed by atoms with Gasteiger partial charge >= 0.3 is 0 Å². The molecule has 1 fully saturated rings. The highest BCUT2D eigenvalue weighted by atomic mass is 35.5. The minimum atomic E-state index is -0.665. The minimum absolute atomic E-state index is 0.171. The van der Waals surface area contributed by atoms with Crippen LogP contribution >= 0.6 is 11.6 Å². The summed E-state index contributed by atoms with van der Waals surface area (Å²) in [5.41, 5.74) is 1.57. The van der Waals surface area contributed by atoms with Gasteiger partial charge in [0.15, 0.2) is 0 Å². The molecule has 0 saturated carbocycles. The number of hydrogen-bond donors (Lipinski definition) is 0. The van der Waals surface area contributed by atoms with E-state index in [1.807, 2.05) is 35.3 Å². The van der Waals surface area contributed by atoms with Gasteiger partial charge in [0.05, 0.1) is 6.54 Å². The van der Waals surface area contributed by atoms with Crippen molar-refractivity contribution >= 4 is 17.5 Å². The molecule has 4 nitrogen and oxygen atoms in total. The number of nitrogens with zero attached hydrogens (tertiary/aromatic N) is 3. The van der Waals surface area contributed by atoms with E-state index in [9.17, 15) is 4.79 Å². The molecule has 0 aliphatic carbocycles. The fourth-order valence-corrected chi connectivity index (χ4v) is 4.44. The van der Waals surface area contributed by atoms with E-state index >= 15 is 0 Å². The highest BCUT2D eigenvalue weighted by molar-refractivity contribution is 6.30. The van der Waals surface area contributed by atoms with Crippen LogP contribution in [-0.2, 0) is 16.9 Å². The molecule has 2 aromatic rings. The second-order valence-electron chi connectivity index (χ2n) is 7.20. The van der Waals surface area contributed by atoms with E-state index in [0.717, 1.165) is 43.2 Å². The third-order valence-electron chi connectivity index (χ3n) is 5.83. The Balaban J connectivity index is 2.03. The highest BCUT2D eigenvalue weighted by Crippen LogP contribution is 2.38. The maximum absolute atomic E-state index is 13.9. The number of rotatable bonds is 7. The zero-order valence-corrected chi connectivity index (χ0v) is 17.8. The van der Waals surface area contributed by atoms with Gasteiger partial charge in [-0.25, -0.2) is 5.01 Å². The van der Waals surface area contributed by atoms with Gasteiger partial charge in [0, 0.05) is 31.2 Å². The molecule has 3 rings (SSSR count). The fraction of sp³-hybridized carbons (Fsp3) is 0.435. The van der Waals surface area contributed by atoms with Gasteiger partial charge in [0.2, 0.25) is 0 Å². The largest absolute Gasteiger partial charge is 0.280 e. The van der Waals surface area contributed by atoms with E-state index in [1.165, 1.54) is 5.56 Å². The molecule has 0 N–H and O–H groups in total. The molecule has 150 valence electrons. The van der Waals surface area contributed by atoms with Crippen molar-refractivity contribution < 1.29 is 4.79 Å². The molecule has 5 heteroatoms. The summed E-state index contributed by atoms with van der Waals surface area (Å²) >= 11 is 6.06. The molecule has 1 atom stereocenters.